The molecule has 0 radical (unpaired) electrons. The van der Waals surface area contributed by atoms with Crippen LogP contribution in [0.1, 0.15) is 18.4 Å². The molecule has 6 N–H and O–H groups in total. The van der Waals surface area contributed by atoms with Crippen LogP contribution < -0.4 is 16.5 Å². The van der Waals surface area contributed by atoms with Crippen LogP contribution >= 0.6 is 0 Å². The van der Waals surface area contributed by atoms with Gasteiger partial charge >= 0.3 is 6.09 Å². The molecule has 2 aliphatic rings. The molecule has 1 aromatic rings. The molecular weight excluding hydrogens is 304 g/mol. The second-order valence-corrected chi connectivity index (χ2v) is 4.93. The zero-order valence-electron chi connectivity index (χ0n) is 12.0. The van der Waals surface area contributed by atoms with Crippen molar-refractivity contribution in [2.75, 3.05) is 10.8 Å². The van der Waals surface area contributed by atoms with Gasteiger partial charge in [0, 0.05) is 24.1 Å². The number of carbonyl (C=O) groups is 3. The van der Waals surface area contributed by atoms with Crippen LogP contribution in [0.4, 0.5) is 16.2 Å². The van der Waals surface area contributed by atoms with Crippen molar-refractivity contribution >= 4 is 35.4 Å². The molecule has 3 rings (SSSR count). The van der Waals surface area contributed by atoms with Gasteiger partial charge in [0.15, 0.2) is 6.17 Å². The number of likely N-dealkylation sites (tertiary alicyclic amines) is 1. The molecule has 1 aromatic carbocycles. The van der Waals surface area contributed by atoms with Gasteiger partial charge in [-0.05, 0) is 24.3 Å². The Balaban J connectivity index is 0.000000433. The van der Waals surface area contributed by atoms with Crippen LogP contribution in [-0.4, -0.2) is 39.3 Å². The number of nitrogens with zero attached hydrogens (tertiary/aromatic N) is 2. The summed E-state index contributed by atoms with van der Waals surface area (Å²) in [5.41, 5.74) is 11.6. The Labute approximate surface area is 131 Å². The summed E-state index contributed by atoms with van der Waals surface area (Å²) in [7, 11) is 0. The van der Waals surface area contributed by atoms with Crippen molar-refractivity contribution in [2.45, 2.75) is 19.0 Å². The lowest BCUT2D eigenvalue weighted by Crippen LogP contribution is -2.49. The molecule has 0 bridgehead atoms. The topological polar surface area (TPSA) is 150 Å². The van der Waals surface area contributed by atoms with E-state index >= 15 is 0 Å². The maximum atomic E-state index is 11.7. The van der Waals surface area contributed by atoms with Crippen molar-refractivity contribution < 1.29 is 24.7 Å². The lowest BCUT2D eigenvalue weighted by atomic mass is 10.1. The molecule has 1 fully saturated rings. The lowest BCUT2D eigenvalue weighted by molar-refractivity contribution is -0.141. The second kappa shape index (κ2) is 6.36. The summed E-state index contributed by atoms with van der Waals surface area (Å²) in [6.45, 7) is 0. The summed E-state index contributed by atoms with van der Waals surface area (Å²) in [4.78, 5) is 33.3. The van der Waals surface area contributed by atoms with Gasteiger partial charge in [0.25, 0.3) is 0 Å². The first-order chi connectivity index (χ1) is 10.8. The van der Waals surface area contributed by atoms with E-state index in [0.717, 1.165) is 15.5 Å². The van der Waals surface area contributed by atoms with Crippen molar-refractivity contribution in [3.8, 4) is 0 Å². The van der Waals surface area contributed by atoms with E-state index in [9.17, 15) is 14.8 Å². The Bertz CT molecular complexity index is 668. The third kappa shape index (κ3) is 3.40. The number of imide groups is 1. The number of carbonyl (C=O) groups excluding carboxylic acids is 2. The zero-order chi connectivity index (χ0) is 17.1. The van der Waals surface area contributed by atoms with Gasteiger partial charge < -0.3 is 16.6 Å². The van der Waals surface area contributed by atoms with Crippen molar-refractivity contribution in [1.29, 1.82) is 0 Å². The normalized spacial score (nSPS) is 19.3. The summed E-state index contributed by atoms with van der Waals surface area (Å²) in [5.74, 6) is -0.532. The summed E-state index contributed by atoms with van der Waals surface area (Å²) in [5, 5.41) is 18.3. The number of nitrogens with two attached hydrogens (primary N) is 2. The first-order valence-electron chi connectivity index (χ1n) is 6.70. The number of hydrogen-bond acceptors (Lipinski definition) is 6. The number of anilines is 2. The Hall–Kier alpha value is -3.07. The maximum absolute atomic E-state index is 11.7. The standard InChI is InChI=1S/C13H13N3O3.CH3NO2/c14-9-2-3-10-8(7-9)1-4-11(16(10)19)15-12(17)5-6-13(15)18;2-1(3)4/h1-4,7,11,19H,5-6,14H2;2H2,(H,3,4). The third-order valence-corrected chi connectivity index (χ3v) is 3.35. The van der Waals surface area contributed by atoms with E-state index in [2.05, 4.69) is 5.73 Å². The Morgan fingerprint density at radius 2 is 1.78 bits per heavy atom. The van der Waals surface area contributed by atoms with Crippen LogP contribution in [0.15, 0.2) is 24.3 Å². The molecule has 122 valence electrons. The first-order valence-corrected chi connectivity index (χ1v) is 6.70. The van der Waals surface area contributed by atoms with Crippen LogP contribution in [0.5, 0.6) is 0 Å². The monoisotopic (exact) mass is 320 g/mol. The number of rotatable bonds is 1. The Kier molecular flexibility index (Phi) is 4.51. The summed E-state index contributed by atoms with van der Waals surface area (Å²) in [6.07, 6.45) is 1.65. The molecule has 23 heavy (non-hydrogen) atoms. The molecule has 3 amide bonds. The van der Waals surface area contributed by atoms with E-state index in [1.807, 2.05) is 0 Å². The van der Waals surface area contributed by atoms with E-state index in [1.165, 1.54) is 0 Å². The zero-order valence-corrected chi connectivity index (χ0v) is 12.0. The summed E-state index contributed by atoms with van der Waals surface area (Å²) < 4.78 is 0. The fraction of sp³-hybridized carbons (Fsp3) is 0.214. The fourth-order valence-corrected chi connectivity index (χ4v) is 2.41. The lowest BCUT2D eigenvalue weighted by Gasteiger charge is -2.34. The quantitative estimate of drug-likeness (QED) is 0.436. The number of amides is 3. The Morgan fingerprint density at radius 3 is 2.35 bits per heavy atom. The molecule has 1 unspecified atom stereocenters. The van der Waals surface area contributed by atoms with E-state index < -0.39 is 12.3 Å². The van der Waals surface area contributed by atoms with Gasteiger partial charge in [-0.3, -0.25) is 19.7 Å². The smallest absolute Gasteiger partial charge is 0.402 e. The number of benzene rings is 1. The van der Waals surface area contributed by atoms with Gasteiger partial charge in [0.2, 0.25) is 11.8 Å². The number of fused-ring (bicyclic) bond motifs is 1. The third-order valence-electron chi connectivity index (χ3n) is 3.35. The van der Waals surface area contributed by atoms with Crippen molar-refractivity contribution in [2.24, 2.45) is 5.73 Å². The highest BCUT2D eigenvalue weighted by Gasteiger charge is 2.38. The van der Waals surface area contributed by atoms with Gasteiger partial charge in [0.05, 0.1) is 5.69 Å². The molecule has 0 aromatic heterocycles. The van der Waals surface area contributed by atoms with Gasteiger partial charge in [-0.25, -0.2) is 9.86 Å². The average molecular weight is 320 g/mol. The molecule has 2 heterocycles. The van der Waals surface area contributed by atoms with Crippen molar-refractivity contribution in [3.05, 3.63) is 29.8 Å². The molecule has 0 saturated carbocycles. The number of hydroxylamine groups is 1. The molecule has 0 aliphatic carbocycles. The largest absolute Gasteiger partial charge is 0.465 e. The SMILES string of the molecule is NC(=O)O.Nc1ccc2c(c1)C=CC(N1C(=O)CCC1=O)N2O. The van der Waals surface area contributed by atoms with E-state index in [1.54, 1.807) is 30.4 Å². The summed E-state index contributed by atoms with van der Waals surface area (Å²) in [6, 6.07) is 5.04. The number of nitrogen functional groups attached to an aromatic ring is 1. The van der Waals surface area contributed by atoms with Crippen LogP contribution in [-0.2, 0) is 9.59 Å². The van der Waals surface area contributed by atoms with Crippen LogP contribution in [0.25, 0.3) is 6.08 Å². The van der Waals surface area contributed by atoms with Crippen LogP contribution in [0.3, 0.4) is 0 Å². The van der Waals surface area contributed by atoms with Gasteiger partial charge in [-0.2, -0.15) is 0 Å². The fourth-order valence-electron chi connectivity index (χ4n) is 2.41. The molecule has 9 heteroatoms. The maximum Gasteiger partial charge on any atom is 0.402 e. The van der Waals surface area contributed by atoms with E-state index in [4.69, 9.17) is 15.6 Å². The number of primary amides is 1. The van der Waals surface area contributed by atoms with Crippen molar-refractivity contribution in [1.82, 2.24) is 4.90 Å². The minimum absolute atomic E-state index is 0.200. The minimum atomic E-state index is -1.33. The van der Waals surface area contributed by atoms with Crippen LogP contribution in [0.2, 0.25) is 0 Å². The first kappa shape index (κ1) is 16.3. The van der Waals surface area contributed by atoms with Crippen molar-refractivity contribution in [3.63, 3.8) is 0 Å². The molecule has 9 nitrogen and oxygen atoms in total. The predicted molar refractivity (Wildman–Crippen MR) is 81.2 cm³/mol. The van der Waals surface area contributed by atoms with Gasteiger partial charge in [-0.1, -0.05) is 6.08 Å². The van der Waals surface area contributed by atoms with Gasteiger partial charge in [-0.15, -0.1) is 0 Å². The van der Waals surface area contributed by atoms with Crippen LogP contribution in [0, 0.1) is 0 Å². The second-order valence-electron chi connectivity index (χ2n) is 4.93. The number of carboxylic acid groups (broad SMARTS) is 1. The molecule has 2 aliphatic heterocycles. The van der Waals surface area contributed by atoms with Gasteiger partial charge in [0.1, 0.15) is 0 Å². The van der Waals surface area contributed by atoms with E-state index in [-0.39, 0.29) is 24.7 Å². The number of hydrogen-bond donors (Lipinski definition) is 4. The minimum Gasteiger partial charge on any atom is -0.465 e. The Morgan fingerprint density at radius 1 is 1.22 bits per heavy atom. The average Bonchev–Trinajstić information content (AvgIpc) is 2.78. The highest BCUT2D eigenvalue weighted by molar-refractivity contribution is 6.03. The van der Waals surface area contributed by atoms with E-state index in [0.29, 0.717) is 11.4 Å². The highest BCUT2D eigenvalue weighted by Crippen LogP contribution is 2.32. The molecule has 1 atom stereocenters. The summed E-state index contributed by atoms with van der Waals surface area (Å²) >= 11 is 0. The highest BCUT2D eigenvalue weighted by atomic mass is 16.5. The molecule has 1 saturated heterocycles. The molecule has 0 spiro atoms. The molecular formula is C14H16N4O5. The predicted octanol–water partition coefficient (Wildman–Crippen LogP) is 0.589.